The zero-order chi connectivity index (χ0) is 16.3. The van der Waals surface area contributed by atoms with Crippen molar-refractivity contribution in [3.63, 3.8) is 0 Å². The van der Waals surface area contributed by atoms with Crippen LogP contribution in [-0.2, 0) is 6.18 Å². The molecular weight excluding hydrogens is 319 g/mol. The third kappa shape index (κ3) is 4.51. The maximum atomic E-state index is 12.8. The lowest BCUT2D eigenvalue weighted by Crippen LogP contribution is -2.44. The highest BCUT2D eigenvalue weighted by Gasteiger charge is 2.33. The summed E-state index contributed by atoms with van der Waals surface area (Å²) in [6.07, 6.45) is -2.92. The molecule has 1 heterocycles. The van der Waals surface area contributed by atoms with E-state index in [4.69, 9.17) is 11.6 Å². The first kappa shape index (κ1) is 16.9. The van der Waals surface area contributed by atoms with E-state index in [-0.39, 0.29) is 11.7 Å². The Kier molecular flexibility index (Phi) is 5.18. The number of carbonyl (C=O) groups is 1. The van der Waals surface area contributed by atoms with Gasteiger partial charge in [0.15, 0.2) is 0 Å². The summed E-state index contributed by atoms with van der Waals surface area (Å²) in [4.78, 5) is 14.0. The average molecular weight is 336 g/mol. The second-order valence-corrected chi connectivity index (χ2v) is 5.78. The van der Waals surface area contributed by atoms with Crippen molar-refractivity contribution in [1.29, 1.82) is 0 Å². The molecule has 2 N–H and O–H groups in total. The van der Waals surface area contributed by atoms with Gasteiger partial charge in [0.1, 0.15) is 0 Å². The number of carbonyl (C=O) groups excluding carboxylic acids is 1. The summed E-state index contributed by atoms with van der Waals surface area (Å²) >= 11 is 5.53. The summed E-state index contributed by atoms with van der Waals surface area (Å²) in [5.41, 5.74) is -0.909. The molecule has 1 aromatic rings. The van der Waals surface area contributed by atoms with E-state index in [1.165, 1.54) is 6.07 Å². The van der Waals surface area contributed by atoms with Crippen molar-refractivity contribution in [3.8, 4) is 0 Å². The van der Waals surface area contributed by atoms with E-state index in [1.807, 2.05) is 7.05 Å². The molecule has 1 aliphatic rings. The highest BCUT2D eigenvalue weighted by Crippen LogP contribution is 2.36. The number of hydrogen-bond acceptors (Lipinski definition) is 2. The van der Waals surface area contributed by atoms with Gasteiger partial charge in [0.25, 0.3) is 0 Å². The van der Waals surface area contributed by atoms with Crippen molar-refractivity contribution in [2.45, 2.75) is 25.1 Å². The normalized spacial score (nSPS) is 17.3. The number of urea groups is 1. The molecule has 0 atom stereocenters. The lowest BCUT2D eigenvalue weighted by Gasteiger charge is -2.29. The highest BCUT2D eigenvalue weighted by atomic mass is 35.5. The quantitative estimate of drug-likeness (QED) is 0.867. The fourth-order valence-electron chi connectivity index (χ4n) is 2.33. The molecule has 1 aliphatic heterocycles. The van der Waals surface area contributed by atoms with Crippen LogP contribution >= 0.6 is 11.6 Å². The number of likely N-dealkylation sites (tertiary alicyclic amines) is 1. The molecule has 22 heavy (non-hydrogen) atoms. The first-order chi connectivity index (χ1) is 10.3. The molecule has 1 saturated heterocycles. The maximum Gasteiger partial charge on any atom is 0.417 e. The first-order valence-corrected chi connectivity index (χ1v) is 7.26. The zero-order valence-electron chi connectivity index (χ0n) is 12.0. The third-order valence-corrected chi connectivity index (χ3v) is 3.91. The van der Waals surface area contributed by atoms with Crippen LogP contribution in [0.4, 0.5) is 23.7 Å². The van der Waals surface area contributed by atoms with Gasteiger partial charge >= 0.3 is 12.2 Å². The number of halogens is 4. The van der Waals surface area contributed by atoms with E-state index in [0.717, 1.165) is 38.1 Å². The number of nitrogens with zero attached hydrogens (tertiary/aromatic N) is 1. The highest BCUT2D eigenvalue weighted by molar-refractivity contribution is 6.31. The minimum absolute atomic E-state index is 0.0330. The van der Waals surface area contributed by atoms with Crippen LogP contribution < -0.4 is 10.6 Å². The summed E-state index contributed by atoms with van der Waals surface area (Å²) in [7, 11) is 2.00. The molecule has 4 nitrogen and oxygen atoms in total. The van der Waals surface area contributed by atoms with Gasteiger partial charge in [-0.2, -0.15) is 13.2 Å². The van der Waals surface area contributed by atoms with Gasteiger partial charge in [-0.3, -0.25) is 0 Å². The van der Waals surface area contributed by atoms with Gasteiger partial charge in [-0.25, -0.2) is 4.79 Å². The van der Waals surface area contributed by atoms with Gasteiger partial charge in [0, 0.05) is 11.7 Å². The predicted octanol–water partition coefficient (Wildman–Crippen LogP) is 3.57. The van der Waals surface area contributed by atoms with Gasteiger partial charge in [0.2, 0.25) is 0 Å². The number of hydrogen-bond donors (Lipinski definition) is 2. The molecule has 0 saturated carbocycles. The predicted molar refractivity (Wildman–Crippen MR) is 79.1 cm³/mol. The Hall–Kier alpha value is -1.47. The number of anilines is 1. The Morgan fingerprint density at radius 3 is 2.55 bits per heavy atom. The zero-order valence-corrected chi connectivity index (χ0v) is 12.8. The Morgan fingerprint density at radius 1 is 1.32 bits per heavy atom. The van der Waals surface area contributed by atoms with Crippen LogP contribution in [-0.4, -0.2) is 37.1 Å². The van der Waals surface area contributed by atoms with E-state index in [9.17, 15) is 18.0 Å². The second-order valence-electron chi connectivity index (χ2n) is 5.37. The summed E-state index contributed by atoms with van der Waals surface area (Å²) in [5.74, 6) is 0. The summed E-state index contributed by atoms with van der Waals surface area (Å²) in [6, 6.07) is 2.81. The Morgan fingerprint density at radius 2 is 1.95 bits per heavy atom. The molecule has 122 valence electrons. The van der Waals surface area contributed by atoms with E-state index in [0.29, 0.717) is 0 Å². The van der Waals surface area contributed by atoms with Crippen LogP contribution in [0.2, 0.25) is 5.02 Å². The van der Waals surface area contributed by atoms with Crippen LogP contribution in [0.15, 0.2) is 18.2 Å². The molecule has 0 radical (unpaired) electrons. The van der Waals surface area contributed by atoms with Crippen molar-refractivity contribution in [2.75, 3.05) is 25.5 Å². The molecule has 2 amide bonds. The molecular formula is C14H17ClF3N3O. The smallest absolute Gasteiger partial charge is 0.335 e. The summed E-state index contributed by atoms with van der Waals surface area (Å²) in [5, 5.41) is 4.79. The number of rotatable bonds is 2. The topological polar surface area (TPSA) is 44.4 Å². The lowest BCUT2D eigenvalue weighted by molar-refractivity contribution is -0.137. The van der Waals surface area contributed by atoms with Crippen molar-refractivity contribution < 1.29 is 18.0 Å². The largest absolute Gasteiger partial charge is 0.417 e. The van der Waals surface area contributed by atoms with Crippen LogP contribution in [0.1, 0.15) is 18.4 Å². The van der Waals surface area contributed by atoms with Gasteiger partial charge in [-0.05, 0) is 51.2 Å². The van der Waals surface area contributed by atoms with Crippen molar-refractivity contribution in [1.82, 2.24) is 10.2 Å². The SMILES string of the molecule is CN1CCC(NC(=O)Nc2ccc(Cl)c(C(F)(F)F)c2)CC1. The first-order valence-electron chi connectivity index (χ1n) is 6.88. The van der Waals surface area contributed by atoms with Crippen molar-refractivity contribution in [2.24, 2.45) is 0 Å². The molecule has 2 rings (SSSR count). The lowest BCUT2D eigenvalue weighted by atomic mass is 10.1. The van der Waals surface area contributed by atoms with Crippen LogP contribution in [0.5, 0.6) is 0 Å². The van der Waals surface area contributed by atoms with Gasteiger partial charge < -0.3 is 15.5 Å². The second kappa shape index (κ2) is 6.75. The minimum atomic E-state index is -4.56. The van der Waals surface area contributed by atoms with Gasteiger partial charge in [0.05, 0.1) is 10.6 Å². The molecule has 0 unspecified atom stereocenters. The van der Waals surface area contributed by atoms with E-state index >= 15 is 0 Å². The molecule has 0 spiro atoms. The van der Waals surface area contributed by atoms with Gasteiger partial charge in [-0.1, -0.05) is 11.6 Å². The fourth-order valence-corrected chi connectivity index (χ4v) is 2.55. The van der Waals surface area contributed by atoms with Crippen LogP contribution in [0, 0.1) is 0 Å². The Labute approximate surface area is 131 Å². The standard InChI is InChI=1S/C14H17ClF3N3O/c1-21-6-4-9(5-7-21)19-13(22)20-10-2-3-12(15)11(8-10)14(16,17)18/h2-3,8-9H,4-7H2,1H3,(H2,19,20,22). The number of benzene rings is 1. The van der Waals surface area contributed by atoms with Gasteiger partial charge in [-0.15, -0.1) is 0 Å². The molecule has 8 heteroatoms. The van der Waals surface area contributed by atoms with E-state index in [2.05, 4.69) is 15.5 Å². The Bertz CT molecular complexity index is 543. The van der Waals surface area contributed by atoms with Crippen LogP contribution in [0.25, 0.3) is 0 Å². The molecule has 1 fully saturated rings. The average Bonchev–Trinajstić information content (AvgIpc) is 2.42. The van der Waals surface area contributed by atoms with E-state index in [1.54, 1.807) is 0 Å². The molecule has 0 aromatic heterocycles. The summed E-state index contributed by atoms with van der Waals surface area (Å²) in [6.45, 7) is 1.76. The van der Waals surface area contributed by atoms with Crippen molar-refractivity contribution >= 4 is 23.3 Å². The molecule has 0 aliphatic carbocycles. The maximum absolute atomic E-state index is 12.8. The number of nitrogens with one attached hydrogen (secondary N) is 2. The summed E-state index contributed by atoms with van der Waals surface area (Å²) < 4.78 is 38.3. The number of piperidine rings is 1. The van der Waals surface area contributed by atoms with E-state index < -0.39 is 22.8 Å². The minimum Gasteiger partial charge on any atom is -0.335 e. The third-order valence-electron chi connectivity index (χ3n) is 3.58. The van der Waals surface area contributed by atoms with Crippen LogP contribution in [0.3, 0.4) is 0 Å². The number of amides is 2. The Balaban J connectivity index is 1.97. The van der Waals surface area contributed by atoms with Crippen molar-refractivity contribution in [3.05, 3.63) is 28.8 Å². The number of alkyl halides is 3. The molecule has 1 aromatic carbocycles. The fraction of sp³-hybridized carbons (Fsp3) is 0.500. The molecule has 0 bridgehead atoms. The monoisotopic (exact) mass is 335 g/mol.